The van der Waals surface area contributed by atoms with Gasteiger partial charge < -0.3 is 10.4 Å². The first kappa shape index (κ1) is 15.8. The second-order valence-corrected chi connectivity index (χ2v) is 6.23. The fourth-order valence-electron chi connectivity index (χ4n) is 2.70. The maximum Gasteiger partial charge on any atom is 0.329 e. The van der Waals surface area contributed by atoms with Gasteiger partial charge >= 0.3 is 5.97 Å². The molecule has 114 valence electrons. The first-order valence-electron chi connectivity index (χ1n) is 7.02. The van der Waals surface area contributed by atoms with E-state index in [1.165, 1.54) is 6.07 Å². The Hall–Kier alpha value is -1.62. The number of pyridine rings is 1. The molecule has 0 spiro atoms. The van der Waals surface area contributed by atoms with Crippen LogP contribution in [0.25, 0.3) is 0 Å². The fraction of sp³-hybridized carbons (Fsp3) is 0.533. The van der Waals surface area contributed by atoms with E-state index in [4.69, 9.17) is 11.6 Å². The minimum absolute atomic E-state index is 0.224. The Morgan fingerprint density at radius 3 is 2.52 bits per heavy atom. The molecule has 1 heterocycles. The molecule has 1 aliphatic carbocycles. The molecule has 2 rings (SSSR count). The molecule has 0 unspecified atom stereocenters. The van der Waals surface area contributed by atoms with Crippen molar-refractivity contribution in [3.8, 4) is 0 Å². The quantitative estimate of drug-likeness (QED) is 0.841. The third-order valence-corrected chi connectivity index (χ3v) is 4.27. The Kier molecular flexibility index (Phi) is 4.52. The van der Waals surface area contributed by atoms with Crippen molar-refractivity contribution in [3.05, 3.63) is 28.5 Å². The lowest BCUT2D eigenvalue weighted by molar-refractivity contribution is -0.146. The predicted octanol–water partition coefficient (Wildman–Crippen LogP) is 2.81. The normalized spacial score (nSPS) is 25.4. The summed E-state index contributed by atoms with van der Waals surface area (Å²) in [4.78, 5) is 28.0. The van der Waals surface area contributed by atoms with Gasteiger partial charge in [0.1, 0.15) is 10.7 Å². The van der Waals surface area contributed by atoms with Crippen LogP contribution in [0.5, 0.6) is 0 Å². The minimum Gasteiger partial charge on any atom is -0.480 e. The second-order valence-electron chi connectivity index (χ2n) is 5.84. The van der Waals surface area contributed by atoms with Crippen LogP contribution in [0.15, 0.2) is 12.1 Å². The van der Waals surface area contributed by atoms with Gasteiger partial charge in [0.2, 0.25) is 0 Å². The Labute approximate surface area is 128 Å². The predicted molar refractivity (Wildman–Crippen MR) is 79.4 cm³/mol. The van der Waals surface area contributed by atoms with Gasteiger partial charge in [-0.05, 0) is 50.7 Å². The van der Waals surface area contributed by atoms with Crippen LogP contribution in [0.3, 0.4) is 0 Å². The average molecular weight is 311 g/mol. The summed E-state index contributed by atoms with van der Waals surface area (Å²) in [5, 5.41) is 12.4. The number of carboxylic acid groups (broad SMARTS) is 1. The van der Waals surface area contributed by atoms with Crippen LogP contribution in [0.2, 0.25) is 5.15 Å². The van der Waals surface area contributed by atoms with Crippen molar-refractivity contribution in [2.75, 3.05) is 0 Å². The number of carboxylic acids is 1. The van der Waals surface area contributed by atoms with Gasteiger partial charge in [-0.3, -0.25) is 4.79 Å². The first-order valence-corrected chi connectivity index (χ1v) is 7.40. The molecule has 1 saturated carbocycles. The van der Waals surface area contributed by atoms with Crippen molar-refractivity contribution in [2.45, 2.75) is 45.1 Å². The molecule has 6 heteroatoms. The number of rotatable bonds is 3. The first-order chi connectivity index (χ1) is 9.82. The van der Waals surface area contributed by atoms with Crippen molar-refractivity contribution in [1.29, 1.82) is 0 Å². The van der Waals surface area contributed by atoms with E-state index >= 15 is 0 Å². The molecule has 0 aromatic carbocycles. The number of nitrogens with one attached hydrogen (secondary N) is 1. The maximum atomic E-state index is 12.3. The number of nitrogens with zero attached hydrogens (tertiary/aromatic N) is 1. The van der Waals surface area contributed by atoms with Gasteiger partial charge in [-0.15, -0.1) is 0 Å². The van der Waals surface area contributed by atoms with Crippen LogP contribution in [-0.2, 0) is 4.79 Å². The Balaban J connectivity index is 2.21. The summed E-state index contributed by atoms with van der Waals surface area (Å²) in [7, 11) is 0. The lowest BCUT2D eigenvalue weighted by Crippen LogP contribution is -2.56. The van der Waals surface area contributed by atoms with Crippen molar-refractivity contribution in [2.24, 2.45) is 5.92 Å². The number of carbonyl (C=O) groups is 2. The number of aliphatic carboxylic acids is 1. The minimum atomic E-state index is -1.17. The number of aromatic nitrogens is 1. The van der Waals surface area contributed by atoms with Crippen molar-refractivity contribution in [1.82, 2.24) is 10.3 Å². The topological polar surface area (TPSA) is 79.3 Å². The molecule has 1 amide bonds. The second kappa shape index (κ2) is 6.02. The zero-order valence-corrected chi connectivity index (χ0v) is 12.9. The van der Waals surface area contributed by atoms with Crippen molar-refractivity contribution < 1.29 is 14.7 Å². The monoisotopic (exact) mass is 310 g/mol. The van der Waals surface area contributed by atoms with E-state index in [2.05, 4.69) is 17.2 Å². The van der Waals surface area contributed by atoms with Crippen LogP contribution in [0.4, 0.5) is 0 Å². The SMILES string of the molecule is Cc1cc(C(=O)NC2(C(=O)O)CCC(C)CC2)cc(Cl)n1. The van der Waals surface area contributed by atoms with Crippen LogP contribution in [0.1, 0.15) is 48.7 Å². The van der Waals surface area contributed by atoms with E-state index in [9.17, 15) is 14.7 Å². The highest BCUT2D eigenvalue weighted by molar-refractivity contribution is 6.29. The summed E-state index contributed by atoms with van der Waals surface area (Å²) < 4.78 is 0. The van der Waals surface area contributed by atoms with Gasteiger partial charge in [0.25, 0.3) is 5.91 Å². The lowest BCUT2D eigenvalue weighted by atomic mass is 9.77. The molecule has 0 aliphatic heterocycles. The molecule has 1 aromatic heterocycles. The molecular weight excluding hydrogens is 292 g/mol. The van der Waals surface area contributed by atoms with Crippen molar-refractivity contribution in [3.63, 3.8) is 0 Å². The number of hydrogen-bond donors (Lipinski definition) is 2. The number of halogens is 1. The maximum absolute atomic E-state index is 12.3. The summed E-state index contributed by atoms with van der Waals surface area (Å²) in [6.07, 6.45) is 2.49. The van der Waals surface area contributed by atoms with Crippen LogP contribution in [0, 0.1) is 12.8 Å². The van der Waals surface area contributed by atoms with E-state index < -0.39 is 17.4 Å². The van der Waals surface area contributed by atoms with Gasteiger partial charge in [-0.25, -0.2) is 9.78 Å². The molecule has 5 nitrogen and oxygen atoms in total. The van der Waals surface area contributed by atoms with Gasteiger partial charge in [-0.1, -0.05) is 18.5 Å². The summed E-state index contributed by atoms with van der Waals surface area (Å²) >= 11 is 5.85. The fourth-order valence-corrected chi connectivity index (χ4v) is 2.95. The molecule has 21 heavy (non-hydrogen) atoms. The molecule has 0 saturated heterocycles. The highest BCUT2D eigenvalue weighted by Crippen LogP contribution is 2.32. The van der Waals surface area contributed by atoms with E-state index in [-0.39, 0.29) is 5.15 Å². The van der Waals surface area contributed by atoms with Crippen LogP contribution in [-0.4, -0.2) is 27.5 Å². The highest BCUT2D eigenvalue weighted by Gasteiger charge is 2.42. The Bertz CT molecular complexity index is 546. The summed E-state index contributed by atoms with van der Waals surface area (Å²) in [6, 6.07) is 3.05. The number of hydrogen-bond acceptors (Lipinski definition) is 3. The number of amides is 1. The van der Waals surface area contributed by atoms with Crippen LogP contribution < -0.4 is 5.32 Å². The number of aryl methyl sites for hydroxylation is 1. The Morgan fingerprint density at radius 1 is 1.38 bits per heavy atom. The zero-order chi connectivity index (χ0) is 15.6. The lowest BCUT2D eigenvalue weighted by Gasteiger charge is -2.36. The number of carbonyl (C=O) groups excluding carboxylic acids is 1. The largest absolute Gasteiger partial charge is 0.480 e. The summed E-state index contributed by atoms with van der Waals surface area (Å²) in [6.45, 7) is 3.83. The molecule has 0 bridgehead atoms. The smallest absolute Gasteiger partial charge is 0.329 e. The van der Waals surface area contributed by atoms with Gasteiger partial charge in [0.15, 0.2) is 0 Å². The molecule has 1 fully saturated rings. The van der Waals surface area contributed by atoms with E-state index in [0.29, 0.717) is 30.0 Å². The van der Waals surface area contributed by atoms with E-state index in [1.807, 2.05) is 0 Å². The summed E-state index contributed by atoms with van der Waals surface area (Å²) in [5.41, 5.74) is -0.214. The highest BCUT2D eigenvalue weighted by atomic mass is 35.5. The van der Waals surface area contributed by atoms with Gasteiger partial charge in [0, 0.05) is 11.3 Å². The summed E-state index contributed by atoms with van der Waals surface area (Å²) in [5.74, 6) is -0.897. The van der Waals surface area contributed by atoms with E-state index in [0.717, 1.165) is 12.8 Å². The van der Waals surface area contributed by atoms with Crippen LogP contribution >= 0.6 is 11.6 Å². The van der Waals surface area contributed by atoms with Gasteiger partial charge in [0.05, 0.1) is 0 Å². The third kappa shape index (κ3) is 3.53. The molecule has 2 N–H and O–H groups in total. The third-order valence-electron chi connectivity index (χ3n) is 4.07. The molecular formula is C15H19ClN2O3. The molecule has 0 radical (unpaired) electrons. The molecule has 1 aliphatic rings. The van der Waals surface area contributed by atoms with E-state index in [1.54, 1.807) is 13.0 Å². The molecule has 1 aromatic rings. The molecule has 0 atom stereocenters. The standard InChI is InChI=1S/C15H19ClN2O3/c1-9-3-5-15(6-4-9,14(20)21)18-13(19)11-7-10(2)17-12(16)8-11/h7-9H,3-6H2,1-2H3,(H,18,19)(H,20,21). The average Bonchev–Trinajstić information content (AvgIpc) is 2.40. The Morgan fingerprint density at radius 2 is 2.00 bits per heavy atom. The van der Waals surface area contributed by atoms with Gasteiger partial charge in [-0.2, -0.15) is 0 Å². The zero-order valence-electron chi connectivity index (χ0n) is 12.1. The van der Waals surface area contributed by atoms with Crippen molar-refractivity contribution >= 4 is 23.5 Å².